The minimum Gasteiger partial charge on any atom is -0.486 e. The van der Waals surface area contributed by atoms with Gasteiger partial charge < -0.3 is 14.8 Å². The summed E-state index contributed by atoms with van der Waals surface area (Å²) in [6.07, 6.45) is 3.61. The first kappa shape index (κ1) is 12.3. The molecule has 0 amide bonds. The highest BCUT2D eigenvalue weighted by molar-refractivity contribution is 9.10. The molecule has 1 fully saturated rings. The third-order valence-corrected chi connectivity index (χ3v) is 4.47. The Hall–Kier alpha value is -0.740. The van der Waals surface area contributed by atoms with E-state index in [0.29, 0.717) is 19.3 Å². The molecule has 2 heterocycles. The summed E-state index contributed by atoms with van der Waals surface area (Å²) in [5.41, 5.74) is 2.56. The van der Waals surface area contributed by atoms with E-state index < -0.39 is 0 Å². The molecule has 1 aromatic carbocycles. The SMILES string of the molecule is Cc1c(CC2CCCN2)c(Br)cc2c1OCCO2. The molecule has 0 aromatic heterocycles. The first-order chi connectivity index (χ1) is 8.75. The van der Waals surface area contributed by atoms with Crippen molar-refractivity contribution in [3.63, 3.8) is 0 Å². The van der Waals surface area contributed by atoms with Crippen molar-refractivity contribution in [3.05, 3.63) is 21.7 Å². The summed E-state index contributed by atoms with van der Waals surface area (Å²) in [5.74, 6) is 1.80. The fourth-order valence-electron chi connectivity index (χ4n) is 2.78. The lowest BCUT2D eigenvalue weighted by atomic mass is 9.99. The van der Waals surface area contributed by atoms with E-state index in [2.05, 4.69) is 28.2 Å². The predicted octanol–water partition coefficient (Wildman–Crippen LogP) is 2.82. The van der Waals surface area contributed by atoms with Gasteiger partial charge in [-0.2, -0.15) is 0 Å². The lowest BCUT2D eigenvalue weighted by Gasteiger charge is -2.24. The minimum atomic E-state index is 0.600. The van der Waals surface area contributed by atoms with Crippen molar-refractivity contribution in [1.82, 2.24) is 5.32 Å². The zero-order valence-electron chi connectivity index (χ0n) is 10.6. The van der Waals surface area contributed by atoms with Gasteiger partial charge in [0.25, 0.3) is 0 Å². The predicted molar refractivity (Wildman–Crippen MR) is 74.6 cm³/mol. The van der Waals surface area contributed by atoms with E-state index in [4.69, 9.17) is 9.47 Å². The Morgan fingerprint density at radius 1 is 1.39 bits per heavy atom. The van der Waals surface area contributed by atoms with Crippen molar-refractivity contribution in [2.75, 3.05) is 19.8 Å². The van der Waals surface area contributed by atoms with Crippen molar-refractivity contribution < 1.29 is 9.47 Å². The van der Waals surface area contributed by atoms with Gasteiger partial charge >= 0.3 is 0 Å². The first-order valence-electron chi connectivity index (χ1n) is 6.56. The highest BCUT2D eigenvalue weighted by atomic mass is 79.9. The van der Waals surface area contributed by atoms with E-state index in [9.17, 15) is 0 Å². The Kier molecular flexibility index (Phi) is 3.48. The minimum absolute atomic E-state index is 0.600. The fraction of sp³-hybridized carbons (Fsp3) is 0.571. The van der Waals surface area contributed by atoms with Gasteiger partial charge in [-0.25, -0.2) is 0 Å². The molecule has 0 aliphatic carbocycles. The Bertz CT molecular complexity index is 456. The quantitative estimate of drug-likeness (QED) is 0.911. The summed E-state index contributed by atoms with van der Waals surface area (Å²) >= 11 is 3.67. The second-order valence-corrected chi connectivity index (χ2v) is 5.84. The van der Waals surface area contributed by atoms with Gasteiger partial charge in [-0.15, -0.1) is 0 Å². The smallest absolute Gasteiger partial charge is 0.164 e. The van der Waals surface area contributed by atoms with Crippen LogP contribution in [0.3, 0.4) is 0 Å². The second kappa shape index (κ2) is 5.10. The topological polar surface area (TPSA) is 30.5 Å². The number of ether oxygens (including phenoxy) is 2. The fourth-order valence-corrected chi connectivity index (χ4v) is 3.45. The summed E-state index contributed by atoms with van der Waals surface area (Å²) in [5, 5.41) is 3.55. The van der Waals surface area contributed by atoms with Gasteiger partial charge in [0.15, 0.2) is 11.5 Å². The Labute approximate surface area is 116 Å². The van der Waals surface area contributed by atoms with Crippen LogP contribution in [0.5, 0.6) is 11.5 Å². The standard InChI is InChI=1S/C14H18BrNO2/c1-9-11(7-10-3-2-4-16-10)12(15)8-13-14(9)18-6-5-17-13/h8,10,16H,2-7H2,1H3. The van der Waals surface area contributed by atoms with Crippen LogP contribution in [-0.4, -0.2) is 25.8 Å². The van der Waals surface area contributed by atoms with Crippen LogP contribution >= 0.6 is 15.9 Å². The Morgan fingerprint density at radius 3 is 3.00 bits per heavy atom. The summed E-state index contributed by atoms with van der Waals surface area (Å²) in [6, 6.07) is 2.65. The number of nitrogens with one attached hydrogen (secondary N) is 1. The Morgan fingerprint density at radius 2 is 2.22 bits per heavy atom. The van der Waals surface area contributed by atoms with Crippen LogP contribution in [0.4, 0.5) is 0 Å². The normalized spacial score (nSPS) is 22.2. The maximum Gasteiger partial charge on any atom is 0.164 e. The van der Waals surface area contributed by atoms with Crippen LogP contribution in [0.2, 0.25) is 0 Å². The molecule has 98 valence electrons. The molecule has 0 saturated carbocycles. The molecular weight excluding hydrogens is 294 g/mol. The molecule has 2 aliphatic heterocycles. The van der Waals surface area contributed by atoms with E-state index in [1.54, 1.807) is 0 Å². The highest BCUT2D eigenvalue weighted by Crippen LogP contribution is 2.40. The molecule has 18 heavy (non-hydrogen) atoms. The average Bonchev–Trinajstić information content (AvgIpc) is 2.87. The van der Waals surface area contributed by atoms with Crippen molar-refractivity contribution >= 4 is 15.9 Å². The average molecular weight is 312 g/mol. The lowest BCUT2D eigenvalue weighted by Crippen LogP contribution is -2.24. The summed E-state index contributed by atoms with van der Waals surface area (Å²) in [7, 11) is 0. The number of fused-ring (bicyclic) bond motifs is 1. The number of hydrogen-bond donors (Lipinski definition) is 1. The monoisotopic (exact) mass is 311 g/mol. The van der Waals surface area contributed by atoms with Crippen LogP contribution < -0.4 is 14.8 Å². The molecule has 2 aliphatic rings. The zero-order valence-corrected chi connectivity index (χ0v) is 12.2. The van der Waals surface area contributed by atoms with E-state index >= 15 is 0 Å². The van der Waals surface area contributed by atoms with E-state index in [1.807, 2.05) is 6.07 Å². The largest absolute Gasteiger partial charge is 0.486 e. The summed E-state index contributed by atoms with van der Waals surface area (Å²) in [6.45, 7) is 4.56. The maximum absolute atomic E-state index is 5.75. The Balaban J connectivity index is 1.92. The van der Waals surface area contributed by atoms with Gasteiger partial charge in [0, 0.05) is 10.5 Å². The van der Waals surface area contributed by atoms with Crippen molar-refractivity contribution in [2.45, 2.75) is 32.2 Å². The van der Waals surface area contributed by atoms with Gasteiger partial charge in [0.2, 0.25) is 0 Å². The molecule has 0 bridgehead atoms. The molecule has 1 atom stereocenters. The maximum atomic E-state index is 5.75. The second-order valence-electron chi connectivity index (χ2n) is 4.98. The molecule has 1 saturated heterocycles. The van der Waals surface area contributed by atoms with Gasteiger partial charge in [-0.1, -0.05) is 15.9 Å². The van der Waals surface area contributed by atoms with Crippen LogP contribution in [0, 0.1) is 6.92 Å². The first-order valence-corrected chi connectivity index (χ1v) is 7.36. The van der Waals surface area contributed by atoms with Crippen LogP contribution in [-0.2, 0) is 6.42 Å². The summed E-state index contributed by atoms with van der Waals surface area (Å²) in [4.78, 5) is 0. The van der Waals surface area contributed by atoms with E-state index in [1.165, 1.54) is 24.0 Å². The van der Waals surface area contributed by atoms with Crippen LogP contribution in [0.1, 0.15) is 24.0 Å². The van der Waals surface area contributed by atoms with Crippen LogP contribution in [0.25, 0.3) is 0 Å². The van der Waals surface area contributed by atoms with Gasteiger partial charge in [0.1, 0.15) is 13.2 Å². The summed E-state index contributed by atoms with van der Waals surface area (Å²) < 4.78 is 12.5. The highest BCUT2D eigenvalue weighted by Gasteiger charge is 2.22. The van der Waals surface area contributed by atoms with Crippen molar-refractivity contribution in [2.24, 2.45) is 0 Å². The number of hydrogen-bond acceptors (Lipinski definition) is 3. The molecule has 4 heteroatoms. The number of rotatable bonds is 2. The molecule has 0 spiro atoms. The van der Waals surface area contributed by atoms with E-state index in [0.717, 1.165) is 28.9 Å². The van der Waals surface area contributed by atoms with Gasteiger partial charge in [-0.05, 0) is 49.9 Å². The van der Waals surface area contributed by atoms with Gasteiger partial charge in [-0.3, -0.25) is 0 Å². The zero-order chi connectivity index (χ0) is 12.5. The van der Waals surface area contributed by atoms with Crippen molar-refractivity contribution in [1.29, 1.82) is 0 Å². The third kappa shape index (κ3) is 2.24. The van der Waals surface area contributed by atoms with Gasteiger partial charge in [0.05, 0.1) is 0 Å². The molecule has 1 unspecified atom stereocenters. The van der Waals surface area contributed by atoms with Crippen LogP contribution in [0.15, 0.2) is 10.5 Å². The molecule has 3 nitrogen and oxygen atoms in total. The molecule has 1 aromatic rings. The number of benzene rings is 1. The number of halogens is 1. The van der Waals surface area contributed by atoms with Crippen molar-refractivity contribution in [3.8, 4) is 11.5 Å². The molecule has 0 radical (unpaired) electrons. The third-order valence-electron chi connectivity index (χ3n) is 3.76. The molecule has 1 N–H and O–H groups in total. The molecule has 3 rings (SSSR count). The lowest BCUT2D eigenvalue weighted by molar-refractivity contribution is 0.170. The van der Waals surface area contributed by atoms with E-state index in [-0.39, 0.29) is 0 Å². The molecular formula is C14H18BrNO2.